The van der Waals surface area contributed by atoms with Gasteiger partial charge in [0.15, 0.2) is 0 Å². The zero-order valence-corrected chi connectivity index (χ0v) is 18.5. The Bertz CT molecular complexity index is 565. The summed E-state index contributed by atoms with van der Waals surface area (Å²) in [6, 6.07) is -0.893. The van der Waals surface area contributed by atoms with Gasteiger partial charge in [-0.3, -0.25) is 9.59 Å². The zero-order valence-electron chi connectivity index (χ0n) is 18.5. The number of alkyl carbamates (subject to hydrolysis) is 2. The lowest BCUT2D eigenvalue weighted by Gasteiger charge is -2.23. The first-order valence-corrected chi connectivity index (χ1v) is 9.54. The average Bonchev–Trinajstić information content (AvgIpc) is 2.54. The first-order chi connectivity index (χ1) is 13.2. The lowest BCUT2D eigenvalue weighted by Crippen LogP contribution is -2.49. The van der Waals surface area contributed by atoms with Gasteiger partial charge in [0.2, 0.25) is 5.91 Å². The van der Waals surface area contributed by atoms with Gasteiger partial charge in [-0.25, -0.2) is 9.59 Å². The minimum absolute atomic E-state index is 0.294. The van der Waals surface area contributed by atoms with Crippen molar-refractivity contribution in [3.8, 4) is 0 Å². The van der Waals surface area contributed by atoms with Crippen LogP contribution in [0.3, 0.4) is 0 Å². The molecule has 10 nitrogen and oxygen atoms in total. The molecule has 0 heterocycles. The first kappa shape index (κ1) is 26.5. The van der Waals surface area contributed by atoms with Gasteiger partial charge in [0.25, 0.3) is 0 Å². The fourth-order valence-corrected chi connectivity index (χ4v) is 2.05. The van der Waals surface area contributed by atoms with Crippen LogP contribution in [0.2, 0.25) is 0 Å². The summed E-state index contributed by atoms with van der Waals surface area (Å²) >= 11 is 0. The topological polar surface area (TPSA) is 132 Å². The van der Waals surface area contributed by atoms with Crippen LogP contribution in [0, 0.1) is 0 Å². The van der Waals surface area contributed by atoms with Crippen molar-refractivity contribution in [2.45, 2.75) is 78.0 Å². The lowest BCUT2D eigenvalue weighted by molar-refractivity contribution is -0.141. The van der Waals surface area contributed by atoms with Crippen LogP contribution in [0.5, 0.6) is 0 Å². The van der Waals surface area contributed by atoms with Crippen molar-refractivity contribution in [2.75, 3.05) is 20.2 Å². The largest absolute Gasteiger partial charge is 0.468 e. The smallest absolute Gasteiger partial charge is 0.408 e. The molecule has 3 N–H and O–H groups in total. The van der Waals surface area contributed by atoms with Crippen LogP contribution in [-0.2, 0) is 23.8 Å². The number of esters is 1. The van der Waals surface area contributed by atoms with Crippen LogP contribution in [0.15, 0.2) is 0 Å². The highest BCUT2D eigenvalue weighted by molar-refractivity contribution is 5.88. The summed E-state index contributed by atoms with van der Waals surface area (Å²) in [7, 11) is 1.21. The molecule has 10 heteroatoms. The number of methoxy groups -OCH3 is 1. The Morgan fingerprint density at radius 3 is 1.90 bits per heavy atom. The van der Waals surface area contributed by atoms with Crippen molar-refractivity contribution in [3.05, 3.63) is 0 Å². The number of ether oxygens (including phenoxy) is 3. The quantitative estimate of drug-likeness (QED) is 0.296. The second kappa shape index (κ2) is 12.1. The molecule has 0 aliphatic carbocycles. The summed E-state index contributed by atoms with van der Waals surface area (Å²) in [6.07, 6.45) is 0.138. The van der Waals surface area contributed by atoms with Crippen LogP contribution < -0.4 is 16.0 Å². The second-order valence-corrected chi connectivity index (χ2v) is 8.42. The highest BCUT2D eigenvalue weighted by Crippen LogP contribution is 2.09. The fourth-order valence-electron chi connectivity index (χ4n) is 2.05. The van der Waals surface area contributed by atoms with Gasteiger partial charge in [0, 0.05) is 6.54 Å². The van der Waals surface area contributed by atoms with Gasteiger partial charge in [-0.1, -0.05) is 0 Å². The number of unbranched alkanes of at least 4 members (excludes halogenated alkanes) is 1. The van der Waals surface area contributed by atoms with Gasteiger partial charge in [-0.05, 0) is 60.8 Å². The predicted molar refractivity (Wildman–Crippen MR) is 106 cm³/mol. The van der Waals surface area contributed by atoms with Crippen molar-refractivity contribution >= 4 is 24.1 Å². The van der Waals surface area contributed by atoms with Crippen LogP contribution in [0.4, 0.5) is 9.59 Å². The molecule has 0 aromatic heterocycles. The van der Waals surface area contributed by atoms with E-state index >= 15 is 0 Å². The average molecular weight is 418 g/mol. The van der Waals surface area contributed by atoms with Crippen LogP contribution in [0.1, 0.15) is 60.8 Å². The summed E-state index contributed by atoms with van der Waals surface area (Å²) in [5, 5.41) is 7.55. The van der Waals surface area contributed by atoms with E-state index in [0.29, 0.717) is 25.8 Å². The molecule has 3 amide bonds. The van der Waals surface area contributed by atoms with Crippen molar-refractivity contribution in [1.29, 1.82) is 0 Å². The molecule has 0 spiro atoms. The molecule has 168 valence electrons. The van der Waals surface area contributed by atoms with Crippen LogP contribution in [-0.4, -0.2) is 61.5 Å². The normalized spacial score (nSPS) is 12.4. The molecular weight excluding hydrogens is 382 g/mol. The number of amides is 3. The van der Waals surface area contributed by atoms with Crippen molar-refractivity contribution in [1.82, 2.24) is 16.0 Å². The van der Waals surface area contributed by atoms with Crippen molar-refractivity contribution in [2.24, 2.45) is 0 Å². The molecule has 0 radical (unpaired) electrons. The molecule has 1 atom stereocenters. The Kier molecular flexibility index (Phi) is 11.1. The van der Waals surface area contributed by atoms with E-state index in [1.54, 1.807) is 41.5 Å². The lowest BCUT2D eigenvalue weighted by atomic mass is 10.1. The molecule has 0 aromatic carbocycles. The molecule has 29 heavy (non-hydrogen) atoms. The number of carbonyl (C=O) groups excluding carboxylic acids is 4. The van der Waals surface area contributed by atoms with Gasteiger partial charge in [-0.2, -0.15) is 0 Å². The Balaban J connectivity index is 4.57. The van der Waals surface area contributed by atoms with Crippen LogP contribution in [0.25, 0.3) is 0 Å². The summed E-state index contributed by atoms with van der Waals surface area (Å²) < 4.78 is 14.8. The maximum Gasteiger partial charge on any atom is 0.408 e. The van der Waals surface area contributed by atoms with Gasteiger partial charge >= 0.3 is 18.2 Å². The number of hydrogen-bond donors (Lipinski definition) is 3. The first-order valence-electron chi connectivity index (χ1n) is 9.54. The monoisotopic (exact) mass is 417 g/mol. The van der Waals surface area contributed by atoms with Gasteiger partial charge in [0.1, 0.15) is 23.8 Å². The molecule has 0 fully saturated rings. The summed E-state index contributed by atoms with van der Waals surface area (Å²) in [6.45, 7) is 10.5. The summed E-state index contributed by atoms with van der Waals surface area (Å²) in [5.41, 5.74) is -1.29. The number of rotatable bonds is 9. The molecule has 0 saturated carbocycles. The maximum atomic E-state index is 12.3. The van der Waals surface area contributed by atoms with E-state index in [1.165, 1.54) is 7.11 Å². The molecule has 0 aliphatic rings. The van der Waals surface area contributed by atoms with Gasteiger partial charge in [0.05, 0.1) is 7.11 Å². The minimum atomic E-state index is -0.893. The van der Waals surface area contributed by atoms with E-state index in [0.717, 1.165) is 0 Å². The Hall–Kier alpha value is -2.52. The van der Waals surface area contributed by atoms with E-state index < -0.39 is 41.3 Å². The van der Waals surface area contributed by atoms with E-state index in [4.69, 9.17) is 9.47 Å². The third kappa shape index (κ3) is 15.1. The Labute approximate surface area is 172 Å². The third-order valence-electron chi connectivity index (χ3n) is 3.23. The molecule has 0 bridgehead atoms. The molecule has 0 rings (SSSR count). The molecule has 0 saturated heterocycles. The van der Waals surface area contributed by atoms with Crippen molar-refractivity contribution in [3.63, 3.8) is 0 Å². The minimum Gasteiger partial charge on any atom is -0.468 e. The summed E-state index contributed by atoms with van der Waals surface area (Å²) in [4.78, 5) is 47.1. The van der Waals surface area contributed by atoms with Crippen molar-refractivity contribution < 1.29 is 33.4 Å². The zero-order chi connectivity index (χ0) is 22.7. The molecule has 1 unspecified atom stereocenters. The molecular formula is C19H35N3O7. The highest BCUT2D eigenvalue weighted by atomic mass is 16.6. The van der Waals surface area contributed by atoms with E-state index in [9.17, 15) is 19.2 Å². The van der Waals surface area contributed by atoms with E-state index in [-0.39, 0.29) is 6.54 Å². The third-order valence-corrected chi connectivity index (χ3v) is 3.23. The van der Waals surface area contributed by atoms with Crippen LogP contribution >= 0.6 is 0 Å². The van der Waals surface area contributed by atoms with E-state index in [1.807, 2.05) is 0 Å². The SMILES string of the molecule is COC(=O)CNC(=O)C(CCCCNC(=O)OC(C)(C)C)NC(=O)OC(C)(C)C. The van der Waals surface area contributed by atoms with Gasteiger partial charge in [-0.15, -0.1) is 0 Å². The predicted octanol–water partition coefficient (Wildman–Crippen LogP) is 1.86. The number of hydrogen-bond acceptors (Lipinski definition) is 7. The second-order valence-electron chi connectivity index (χ2n) is 8.42. The molecule has 0 aliphatic heterocycles. The number of carbonyl (C=O) groups is 4. The Morgan fingerprint density at radius 1 is 0.828 bits per heavy atom. The van der Waals surface area contributed by atoms with E-state index in [2.05, 4.69) is 20.7 Å². The standard InChI is InChI=1S/C19H35N3O7/c1-18(2,3)28-16(25)20-11-9-8-10-13(15(24)21-12-14(23)27-7)22-17(26)29-19(4,5)6/h13H,8-12H2,1-7H3,(H,20,25)(H,21,24)(H,22,26). The highest BCUT2D eigenvalue weighted by Gasteiger charge is 2.24. The number of nitrogens with one attached hydrogen (secondary N) is 3. The maximum absolute atomic E-state index is 12.3. The fraction of sp³-hybridized carbons (Fsp3) is 0.789. The van der Waals surface area contributed by atoms with Gasteiger partial charge < -0.3 is 30.2 Å². The summed E-state index contributed by atoms with van der Waals surface area (Å²) in [5.74, 6) is -1.13. The Morgan fingerprint density at radius 2 is 1.38 bits per heavy atom. The molecule has 0 aromatic rings.